The van der Waals surface area contributed by atoms with Gasteiger partial charge < -0.3 is 11.1 Å². The first-order valence-electron chi connectivity index (χ1n) is 9.33. The predicted molar refractivity (Wildman–Crippen MR) is 100 cm³/mol. The summed E-state index contributed by atoms with van der Waals surface area (Å²) in [5, 5.41) is 3.56. The molecule has 2 aromatic rings. The number of carbonyl (C=O) groups is 1. The lowest BCUT2D eigenvalue weighted by atomic mass is 9.65. The average Bonchev–Trinajstić information content (AvgIpc) is 2.87. The molecule has 1 saturated heterocycles. The van der Waals surface area contributed by atoms with Gasteiger partial charge in [-0.25, -0.2) is 0 Å². The van der Waals surface area contributed by atoms with Crippen molar-refractivity contribution in [2.45, 2.75) is 24.7 Å². The summed E-state index contributed by atoms with van der Waals surface area (Å²) in [7, 11) is 0. The molecule has 2 bridgehead atoms. The van der Waals surface area contributed by atoms with E-state index in [2.05, 4.69) is 29.6 Å². The molecule has 0 spiro atoms. The molecule has 1 amide bonds. The maximum Gasteiger partial charge on any atom is 0.232 e. The van der Waals surface area contributed by atoms with E-state index in [0.29, 0.717) is 17.8 Å². The Labute approximate surface area is 149 Å². The summed E-state index contributed by atoms with van der Waals surface area (Å²) in [5.41, 5.74) is 7.41. The van der Waals surface area contributed by atoms with Crippen molar-refractivity contribution in [1.29, 1.82) is 0 Å². The second-order valence-electron chi connectivity index (χ2n) is 7.63. The molecule has 1 saturated carbocycles. The highest BCUT2D eigenvalue weighted by molar-refractivity contribution is 5.90. The number of hydrogen-bond acceptors (Lipinski definition) is 2. The third kappa shape index (κ3) is 2.77. The molecule has 2 unspecified atom stereocenters. The van der Waals surface area contributed by atoms with E-state index in [1.54, 1.807) is 0 Å². The number of primary amides is 1. The lowest BCUT2D eigenvalue weighted by Gasteiger charge is -2.40. The second-order valence-corrected chi connectivity index (χ2v) is 7.63. The zero-order valence-electron chi connectivity index (χ0n) is 14.5. The van der Waals surface area contributed by atoms with Crippen LogP contribution in [-0.4, -0.2) is 19.0 Å². The topological polar surface area (TPSA) is 55.1 Å². The fraction of sp³-hybridized carbons (Fsp3) is 0.409. The summed E-state index contributed by atoms with van der Waals surface area (Å²) in [6, 6.07) is 20.2. The van der Waals surface area contributed by atoms with Gasteiger partial charge in [-0.2, -0.15) is 0 Å². The first kappa shape index (κ1) is 16.3. The predicted octanol–water partition coefficient (Wildman–Crippen LogP) is 3.09. The van der Waals surface area contributed by atoms with E-state index in [-0.39, 0.29) is 5.91 Å². The minimum atomic E-state index is -0.745. The van der Waals surface area contributed by atoms with Crippen molar-refractivity contribution in [3.63, 3.8) is 0 Å². The zero-order valence-corrected chi connectivity index (χ0v) is 14.5. The maximum atomic E-state index is 12.9. The van der Waals surface area contributed by atoms with Crippen LogP contribution < -0.4 is 11.1 Å². The molecule has 25 heavy (non-hydrogen) atoms. The zero-order chi connectivity index (χ0) is 17.3. The van der Waals surface area contributed by atoms with Gasteiger partial charge in [0.05, 0.1) is 5.41 Å². The van der Waals surface area contributed by atoms with Crippen LogP contribution in [0.1, 0.15) is 30.4 Å². The number of rotatable bonds is 5. The van der Waals surface area contributed by atoms with E-state index in [1.165, 1.54) is 12.8 Å². The van der Waals surface area contributed by atoms with Crippen LogP contribution in [0.4, 0.5) is 0 Å². The monoisotopic (exact) mass is 334 g/mol. The standard InChI is InChI=1S/C22H26N2O/c23-21(25)22(18-7-3-1-4-8-18,19-9-5-2-6-10-19)13-20-16-11-12-17(20)15-24-14-16/h1-10,16-17,20,24H,11-15H2,(H2,23,25). The Hall–Kier alpha value is -2.13. The van der Waals surface area contributed by atoms with Crippen LogP contribution in [0.15, 0.2) is 60.7 Å². The minimum Gasteiger partial charge on any atom is -0.369 e. The van der Waals surface area contributed by atoms with Crippen LogP contribution >= 0.6 is 0 Å². The molecule has 4 rings (SSSR count). The van der Waals surface area contributed by atoms with E-state index in [4.69, 9.17) is 5.73 Å². The van der Waals surface area contributed by atoms with E-state index >= 15 is 0 Å². The molecular formula is C22H26N2O. The number of fused-ring (bicyclic) bond motifs is 2. The molecule has 3 N–H and O–H groups in total. The van der Waals surface area contributed by atoms with Crippen molar-refractivity contribution in [3.05, 3.63) is 71.8 Å². The number of carbonyl (C=O) groups excluding carboxylic acids is 1. The van der Waals surface area contributed by atoms with Crippen molar-refractivity contribution in [2.24, 2.45) is 23.5 Å². The van der Waals surface area contributed by atoms with Crippen LogP contribution in [-0.2, 0) is 10.2 Å². The first-order chi connectivity index (χ1) is 12.2. The molecule has 1 aliphatic carbocycles. The van der Waals surface area contributed by atoms with Gasteiger partial charge >= 0.3 is 0 Å². The molecular weight excluding hydrogens is 308 g/mol. The third-order valence-electron chi connectivity index (χ3n) is 6.43. The Kier molecular flexibility index (Phi) is 4.34. The Morgan fingerprint density at radius 1 is 0.920 bits per heavy atom. The average molecular weight is 334 g/mol. The summed E-state index contributed by atoms with van der Waals surface area (Å²) < 4.78 is 0. The van der Waals surface area contributed by atoms with Crippen LogP contribution in [0.2, 0.25) is 0 Å². The SMILES string of the molecule is NC(=O)C(CC1C2CCC1CNC2)(c1ccccc1)c1ccccc1. The van der Waals surface area contributed by atoms with Crippen LogP contribution in [0.25, 0.3) is 0 Å². The normalized spacial score (nSPS) is 25.7. The van der Waals surface area contributed by atoms with Crippen molar-refractivity contribution in [1.82, 2.24) is 5.32 Å². The van der Waals surface area contributed by atoms with Gasteiger partial charge in [0.15, 0.2) is 0 Å². The molecule has 0 aromatic heterocycles. The summed E-state index contributed by atoms with van der Waals surface area (Å²) in [5.74, 6) is 1.63. The second kappa shape index (κ2) is 6.64. The first-order valence-corrected chi connectivity index (χ1v) is 9.33. The molecule has 1 aliphatic heterocycles. The lowest BCUT2D eigenvalue weighted by Crippen LogP contribution is -2.48. The molecule has 0 radical (unpaired) electrons. The van der Waals surface area contributed by atoms with Crippen LogP contribution in [0, 0.1) is 17.8 Å². The minimum absolute atomic E-state index is 0.233. The van der Waals surface area contributed by atoms with Gasteiger partial charge in [-0.3, -0.25) is 4.79 Å². The number of nitrogens with two attached hydrogens (primary N) is 1. The molecule has 2 aromatic carbocycles. The highest BCUT2D eigenvalue weighted by atomic mass is 16.1. The molecule has 3 heteroatoms. The Morgan fingerprint density at radius 2 is 1.40 bits per heavy atom. The Balaban J connectivity index is 1.82. The number of piperidine rings is 1. The Bertz CT molecular complexity index is 673. The molecule has 2 fully saturated rings. The molecule has 1 heterocycles. The van der Waals surface area contributed by atoms with Gasteiger partial charge in [0.1, 0.15) is 0 Å². The summed E-state index contributed by atoms with van der Waals surface area (Å²) >= 11 is 0. The maximum absolute atomic E-state index is 12.9. The van der Waals surface area contributed by atoms with Crippen molar-refractivity contribution in [3.8, 4) is 0 Å². The van der Waals surface area contributed by atoms with Gasteiger partial charge in [-0.05, 0) is 61.2 Å². The molecule has 2 atom stereocenters. The number of amides is 1. The van der Waals surface area contributed by atoms with Gasteiger partial charge in [-0.1, -0.05) is 60.7 Å². The number of hydrogen-bond donors (Lipinski definition) is 2. The van der Waals surface area contributed by atoms with E-state index in [1.807, 2.05) is 36.4 Å². The van der Waals surface area contributed by atoms with E-state index < -0.39 is 5.41 Å². The lowest BCUT2D eigenvalue weighted by molar-refractivity contribution is -0.123. The quantitative estimate of drug-likeness (QED) is 0.883. The fourth-order valence-electron chi connectivity index (χ4n) is 5.12. The number of nitrogens with one attached hydrogen (secondary N) is 1. The molecule has 2 aliphatic rings. The highest BCUT2D eigenvalue weighted by Gasteiger charge is 2.48. The largest absolute Gasteiger partial charge is 0.369 e. The van der Waals surface area contributed by atoms with E-state index in [9.17, 15) is 4.79 Å². The van der Waals surface area contributed by atoms with E-state index in [0.717, 1.165) is 30.6 Å². The third-order valence-corrected chi connectivity index (χ3v) is 6.43. The Morgan fingerprint density at radius 3 is 1.84 bits per heavy atom. The summed E-state index contributed by atoms with van der Waals surface area (Å²) in [4.78, 5) is 12.9. The summed E-state index contributed by atoms with van der Waals surface area (Å²) in [6.45, 7) is 2.14. The van der Waals surface area contributed by atoms with Gasteiger partial charge in [0, 0.05) is 0 Å². The fourth-order valence-corrected chi connectivity index (χ4v) is 5.12. The molecule has 130 valence electrons. The highest BCUT2D eigenvalue weighted by Crippen LogP contribution is 2.48. The van der Waals surface area contributed by atoms with Crippen molar-refractivity contribution >= 4 is 5.91 Å². The van der Waals surface area contributed by atoms with Crippen molar-refractivity contribution < 1.29 is 4.79 Å². The van der Waals surface area contributed by atoms with Gasteiger partial charge in [0.25, 0.3) is 0 Å². The smallest absolute Gasteiger partial charge is 0.232 e. The van der Waals surface area contributed by atoms with Crippen molar-refractivity contribution in [2.75, 3.05) is 13.1 Å². The van der Waals surface area contributed by atoms with Gasteiger partial charge in [-0.15, -0.1) is 0 Å². The van der Waals surface area contributed by atoms with Gasteiger partial charge in [0.2, 0.25) is 5.91 Å². The molecule has 3 nitrogen and oxygen atoms in total. The summed E-state index contributed by atoms with van der Waals surface area (Å²) in [6.07, 6.45) is 3.34. The van der Waals surface area contributed by atoms with Crippen LogP contribution in [0.3, 0.4) is 0 Å². The van der Waals surface area contributed by atoms with Crippen LogP contribution in [0.5, 0.6) is 0 Å². The number of benzene rings is 2.